The van der Waals surface area contributed by atoms with Crippen molar-refractivity contribution in [2.45, 2.75) is 0 Å². The zero-order chi connectivity index (χ0) is 16.5. The second kappa shape index (κ2) is 5.86. The van der Waals surface area contributed by atoms with E-state index in [0.29, 0.717) is 28.2 Å². The zero-order valence-corrected chi connectivity index (χ0v) is 13.0. The van der Waals surface area contributed by atoms with E-state index in [-0.39, 0.29) is 11.7 Å². The number of hydrogen-bond acceptors (Lipinski definition) is 5. The number of ether oxygens (including phenoxy) is 1. The maximum Gasteiger partial charge on any atom is 0.299 e. The summed E-state index contributed by atoms with van der Waals surface area (Å²) in [6.07, 6.45) is 0. The summed E-state index contributed by atoms with van der Waals surface area (Å²) in [7, 11) is 0. The first-order chi connectivity index (χ1) is 11.8. The van der Waals surface area contributed by atoms with Gasteiger partial charge in [-0.1, -0.05) is 47.7 Å². The molecule has 2 aromatic carbocycles. The number of thiazole rings is 1. The highest BCUT2D eigenvalue weighted by Crippen LogP contribution is 2.32. The third kappa shape index (κ3) is 2.35. The van der Waals surface area contributed by atoms with Gasteiger partial charge >= 0.3 is 0 Å². The average Bonchev–Trinajstić information content (AvgIpc) is 3.21. The molecule has 0 aliphatic carbocycles. The summed E-state index contributed by atoms with van der Waals surface area (Å²) in [6, 6.07) is 14.2. The number of benzene rings is 2. The van der Waals surface area contributed by atoms with Gasteiger partial charge in [0.1, 0.15) is 11.5 Å². The first-order valence-electron chi connectivity index (χ1n) is 7.07. The summed E-state index contributed by atoms with van der Waals surface area (Å²) in [5.41, 5.74) is 1.95. The van der Waals surface area contributed by atoms with Crippen LogP contribution in [0.1, 0.15) is 0 Å². The van der Waals surface area contributed by atoms with Crippen molar-refractivity contribution in [2.75, 3.05) is 0 Å². The molecule has 0 fully saturated rings. The maximum atomic E-state index is 14.4. The molecule has 0 aliphatic heterocycles. The first kappa shape index (κ1) is 14.5. The number of nitrogens with zero attached hydrogens (tertiary/aromatic N) is 3. The molecule has 0 radical (unpaired) electrons. The predicted octanol–water partition coefficient (Wildman–Crippen LogP) is 3.82. The SMILES string of the molecule is O=COc1csc(-n2nc(-c3ccccc3)c3c(F)cccc32)n1. The molecule has 0 unspecified atom stereocenters. The van der Waals surface area contributed by atoms with Gasteiger partial charge in [0.2, 0.25) is 11.0 Å². The Morgan fingerprint density at radius 1 is 1.12 bits per heavy atom. The van der Waals surface area contributed by atoms with Crippen molar-refractivity contribution in [3.05, 3.63) is 59.7 Å². The van der Waals surface area contributed by atoms with E-state index in [1.807, 2.05) is 30.3 Å². The first-order valence-corrected chi connectivity index (χ1v) is 7.95. The van der Waals surface area contributed by atoms with Crippen LogP contribution in [0.5, 0.6) is 5.88 Å². The fraction of sp³-hybridized carbons (Fsp3) is 0. The Balaban J connectivity index is 1.96. The van der Waals surface area contributed by atoms with Gasteiger partial charge in [-0.2, -0.15) is 10.1 Å². The van der Waals surface area contributed by atoms with Crippen molar-refractivity contribution in [3.8, 4) is 22.3 Å². The average molecular weight is 339 g/mol. The van der Waals surface area contributed by atoms with Crippen LogP contribution in [0, 0.1) is 5.82 Å². The van der Waals surface area contributed by atoms with Crippen molar-refractivity contribution < 1.29 is 13.9 Å². The van der Waals surface area contributed by atoms with Crippen molar-refractivity contribution in [1.29, 1.82) is 0 Å². The minimum Gasteiger partial charge on any atom is -0.409 e. The van der Waals surface area contributed by atoms with Crippen LogP contribution in [0.2, 0.25) is 0 Å². The van der Waals surface area contributed by atoms with E-state index >= 15 is 0 Å². The molecule has 0 amide bonds. The van der Waals surface area contributed by atoms with Gasteiger partial charge in [0.25, 0.3) is 6.47 Å². The number of carbonyl (C=O) groups is 1. The summed E-state index contributed by atoms with van der Waals surface area (Å²) in [6.45, 7) is 0.315. The molecule has 4 aromatic rings. The van der Waals surface area contributed by atoms with Crippen molar-refractivity contribution in [1.82, 2.24) is 14.8 Å². The van der Waals surface area contributed by atoms with Gasteiger partial charge < -0.3 is 4.74 Å². The van der Waals surface area contributed by atoms with Crippen molar-refractivity contribution in [2.24, 2.45) is 0 Å². The molecule has 118 valence electrons. The molecule has 24 heavy (non-hydrogen) atoms. The Bertz CT molecular complexity index is 1030. The van der Waals surface area contributed by atoms with Crippen LogP contribution < -0.4 is 4.74 Å². The van der Waals surface area contributed by atoms with Gasteiger partial charge in [-0.15, -0.1) is 0 Å². The van der Waals surface area contributed by atoms with E-state index in [1.54, 1.807) is 22.2 Å². The van der Waals surface area contributed by atoms with Crippen LogP contribution in [0.3, 0.4) is 0 Å². The smallest absolute Gasteiger partial charge is 0.299 e. The van der Waals surface area contributed by atoms with Gasteiger partial charge in [-0.3, -0.25) is 4.79 Å². The van der Waals surface area contributed by atoms with Crippen LogP contribution in [-0.4, -0.2) is 21.2 Å². The molecule has 0 spiro atoms. The molecule has 0 bridgehead atoms. The molecule has 0 saturated carbocycles. The van der Waals surface area contributed by atoms with Gasteiger partial charge in [0.15, 0.2) is 0 Å². The lowest BCUT2D eigenvalue weighted by molar-refractivity contribution is -0.120. The Labute approximate surface area is 140 Å². The largest absolute Gasteiger partial charge is 0.409 e. The van der Waals surface area contributed by atoms with Crippen molar-refractivity contribution in [3.63, 3.8) is 0 Å². The molecule has 0 atom stereocenters. The van der Waals surface area contributed by atoms with E-state index < -0.39 is 0 Å². The molecule has 2 aromatic heterocycles. The fourth-order valence-electron chi connectivity index (χ4n) is 2.52. The van der Waals surface area contributed by atoms with E-state index in [2.05, 4.69) is 10.1 Å². The number of carbonyl (C=O) groups excluding carboxylic acids is 1. The van der Waals surface area contributed by atoms with E-state index in [0.717, 1.165) is 5.56 Å². The van der Waals surface area contributed by atoms with Gasteiger partial charge in [0.05, 0.1) is 16.3 Å². The monoisotopic (exact) mass is 339 g/mol. The second-order valence-electron chi connectivity index (χ2n) is 4.94. The zero-order valence-electron chi connectivity index (χ0n) is 12.2. The maximum absolute atomic E-state index is 14.4. The Hall–Kier alpha value is -3.06. The quantitative estimate of drug-likeness (QED) is 0.530. The van der Waals surface area contributed by atoms with Crippen LogP contribution in [0.25, 0.3) is 27.3 Å². The molecule has 0 saturated heterocycles. The molecule has 5 nitrogen and oxygen atoms in total. The molecular formula is C17H10FN3O2S. The number of halogens is 1. The number of hydrogen-bond donors (Lipinski definition) is 0. The lowest BCUT2D eigenvalue weighted by atomic mass is 10.1. The Morgan fingerprint density at radius 3 is 2.75 bits per heavy atom. The lowest BCUT2D eigenvalue weighted by Gasteiger charge is -1.98. The third-order valence-electron chi connectivity index (χ3n) is 3.52. The third-order valence-corrected chi connectivity index (χ3v) is 4.32. The second-order valence-corrected chi connectivity index (χ2v) is 5.78. The molecular weight excluding hydrogens is 329 g/mol. The normalized spacial score (nSPS) is 10.9. The van der Waals surface area contributed by atoms with Gasteiger partial charge in [-0.25, -0.2) is 9.07 Å². The van der Waals surface area contributed by atoms with Gasteiger partial charge in [-0.05, 0) is 12.1 Å². The molecule has 7 heteroatoms. The van der Waals surface area contributed by atoms with Crippen molar-refractivity contribution >= 4 is 28.7 Å². The molecule has 0 aliphatic rings. The topological polar surface area (TPSA) is 57.0 Å². The predicted molar refractivity (Wildman–Crippen MR) is 88.8 cm³/mol. The minimum atomic E-state index is -0.349. The summed E-state index contributed by atoms with van der Waals surface area (Å²) in [5, 5.41) is 7.06. The summed E-state index contributed by atoms with van der Waals surface area (Å²) in [4.78, 5) is 14.6. The van der Waals surface area contributed by atoms with Gasteiger partial charge in [0, 0.05) is 5.56 Å². The van der Waals surface area contributed by atoms with Crippen LogP contribution in [0.4, 0.5) is 4.39 Å². The highest BCUT2D eigenvalue weighted by molar-refractivity contribution is 7.12. The van der Waals surface area contributed by atoms with E-state index in [9.17, 15) is 9.18 Å². The molecule has 4 rings (SSSR count). The highest BCUT2D eigenvalue weighted by atomic mass is 32.1. The van der Waals surface area contributed by atoms with E-state index in [4.69, 9.17) is 4.74 Å². The summed E-state index contributed by atoms with van der Waals surface area (Å²) >= 11 is 1.25. The number of rotatable bonds is 4. The highest BCUT2D eigenvalue weighted by Gasteiger charge is 2.18. The van der Waals surface area contributed by atoms with Crippen LogP contribution in [0.15, 0.2) is 53.9 Å². The van der Waals surface area contributed by atoms with Crippen LogP contribution >= 0.6 is 11.3 Å². The minimum absolute atomic E-state index is 0.186. The summed E-state index contributed by atoms with van der Waals surface area (Å²) in [5.74, 6) is -0.162. The Kier molecular flexibility index (Phi) is 3.55. The fourth-order valence-corrected chi connectivity index (χ4v) is 3.22. The Morgan fingerprint density at radius 2 is 1.96 bits per heavy atom. The van der Waals surface area contributed by atoms with E-state index in [1.165, 1.54) is 17.4 Å². The summed E-state index contributed by atoms with van der Waals surface area (Å²) < 4.78 is 20.7. The number of fused-ring (bicyclic) bond motifs is 1. The number of aromatic nitrogens is 3. The standard InChI is InChI=1S/C17H10FN3O2S/c18-12-7-4-8-13-15(12)16(11-5-2-1-3-6-11)20-21(13)17-19-14(9-24-17)23-10-22/h1-10H. The molecule has 2 heterocycles. The molecule has 0 N–H and O–H groups in total. The van der Waals surface area contributed by atoms with Crippen LogP contribution in [-0.2, 0) is 4.79 Å². The lowest BCUT2D eigenvalue weighted by Crippen LogP contribution is -1.96.